The van der Waals surface area contributed by atoms with E-state index in [2.05, 4.69) is 20.4 Å². The summed E-state index contributed by atoms with van der Waals surface area (Å²) in [6.45, 7) is 3.88. The van der Waals surface area contributed by atoms with Gasteiger partial charge in [0.2, 0.25) is 17.6 Å². The number of benzene rings is 2. The summed E-state index contributed by atoms with van der Waals surface area (Å²) in [4.78, 5) is 31.8. The molecule has 0 radical (unpaired) electrons. The largest absolute Gasteiger partial charge is 0.462 e. The number of rotatable bonds is 7. The fourth-order valence-corrected chi connectivity index (χ4v) is 3.98. The third kappa shape index (κ3) is 5.77. The molecule has 1 amide bonds. The lowest BCUT2D eigenvalue weighted by molar-refractivity contribution is -0.121. The molecule has 33 heavy (non-hydrogen) atoms. The Morgan fingerprint density at radius 2 is 2.00 bits per heavy atom. The highest BCUT2D eigenvalue weighted by Gasteiger charge is 2.28. The number of likely N-dealkylation sites (tertiary alicyclic amines) is 1. The van der Waals surface area contributed by atoms with Crippen LogP contribution in [0.15, 0.2) is 53.1 Å². The maximum absolute atomic E-state index is 13.0. The van der Waals surface area contributed by atoms with Crippen LogP contribution in [0.4, 0.5) is 5.69 Å². The van der Waals surface area contributed by atoms with Crippen molar-refractivity contribution < 1.29 is 18.8 Å². The number of carbonyl (C=O) groups is 2. The minimum atomic E-state index is -0.452. The van der Waals surface area contributed by atoms with Crippen LogP contribution in [0.5, 0.6) is 0 Å². The third-order valence-electron chi connectivity index (χ3n) is 5.49. The van der Waals surface area contributed by atoms with E-state index in [1.807, 2.05) is 12.1 Å². The number of nitrogens with zero attached hydrogens (tertiary/aromatic N) is 3. The molecule has 1 aromatic heterocycles. The summed E-state index contributed by atoms with van der Waals surface area (Å²) >= 11 is 5.94. The first-order chi connectivity index (χ1) is 16.0. The highest BCUT2D eigenvalue weighted by Crippen LogP contribution is 2.23. The predicted molar refractivity (Wildman–Crippen MR) is 124 cm³/mol. The number of carbonyl (C=O) groups excluding carboxylic acids is 2. The zero-order valence-electron chi connectivity index (χ0n) is 18.3. The van der Waals surface area contributed by atoms with Crippen LogP contribution in [0.1, 0.15) is 36.0 Å². The minimum absolute atomic E-state index is 0.121. The lowest BCUT2D eigenvalue weighted by atomic mass is 9.97. The number of piperidine rings is 1. The van der Waals surface area contributed by atoms with Gasteiger partial charge in [-0.05, 0) is 62.7 Å². The second kappa shape index (κ2) is 10.6. The lowest BCUT2D eigenvalue weighted by Gasteiger charge is -2.31. The minimum Gasteiger partial charge on any atom is -0.462 e. The zero-order valence-corrected chi connectivity index (χ0v) is 19.0. The van der Waals surface area contributed by atoms with Crippen LogP contribution in [0.2, 0.25) is 5.02 Å². The fourth-order valence-electron chi connectivity index (χ4n) is 3.85. The first kappa shape index (κ1) is 22.9. The second-order valence-electron chi connectivity index (χ2n) is 7.85. The van der Waals surface area contributed by atoms with E-state index in [0.717, 1.165) is 24.9 Å². The molecule has 0 saturated carbocycles. The fraction of sp³-hybridized carbons (Fsp3) is 0.333. The van der Waals surface area contributed by atoms with Crippen molar-refractivity contribution in [2.24, 2.45) is 5.92 Å². The molecular formula is C24H25ClN4O4. The van der Waals surface area contributed by atoms with Gasteiger partial charge in [-0.1, -0.05) is 28.9 Å². The molecule has 2 heterocycles. The number of anilines is 1. The average Bonchev–Trinajstić information content (AvgIpc) is 3.28. The van der Waals surface area contributed by atoms with E-state index in [9.17, 15) is 9.59 Å². The van der Waals surface area contributed by atoms with Gasteiger partial charge in [-0.15, -0.1) is 0 Å². The smallest absolute Gasteiger partial charge is 0.340 e. The van der Waals surface area contributed by atoms with Crippen LogP contribution >= 0.6 is 11.6 Å². The molecule has 4 rings (SSSR count). The van der Waals surface area contributed by atoms with Gasteiger partial charge in [0.05, 0.1) is 30.3 Å². The second-order valence-corrected chi connectivity index (χ2v) is 8.28. The molecule has 9 heteroatoms. The molecule has 1 aliphatic rings. The van der Waals surface area contributed by atoms with E-state index >= 15 is 0 Å². The summed E-state index contributed by atoms with van der Waals surface area (Å²) < 4.78 is 10.5. The highest BCUT2D eigenvalue weighted by molar-refractivity contribution is 6.30. The Kier molecular flexibility index (Phi) is 7.36. The summed E-state index contributed by atoms with van der Waals surface area (Å²) in [5, 5.41) is 7.60. The van der Waals surface area contributed by atoms with Crippen LogP contribution in [-0.2, 0) is 16.1 Å². The third-order valence-corrected chi connectivity index (χ3v) is 5.74. The summed E-state index contributed by atoms with van der Waals surface area (Å²) in [7, 11) is 0. The molecule has 0 spiro atoms. The van der Waals surface area contributed by atoms with Crippen LogP contribution in [0, 0.1) is 5.92 Å². The number of ether oxygens (including phenoxy) is 1. The Hall–Kier alpha value is -3.23. The van der Waals surface area contributed by atoms with Crippen LogP contribution in [-0.4, -0.2) is 46.6 Å². The lowest BCUT2D eigenvalue weighted by Crippen LogP contribution is -2.40. The van der Waals surface area contributed by atoms with Crippen molar-refractivity contribution in [3.63, 3.8) is 0 Å². The topological polar surface area (TPSA) is 97.6 Å². The summed E-state index contributed by atoms with van der Waals surface area (Å²) in [6, 6.07) is 14.1. The Bertz CT molecular complexity index is 1120. The molecular weight excluding hydrogens is 444 g/mol. The monoisotopic (exact) mass is 468 g/mol. The first-order valence-electron chi connectivity index (χ1n) is 10.9. The maximum Gasteiger partial charge on any atom is 0.340 e. The highest BCUT2D eigenvalue weighted by atomic mass is 35.5. The first-order valence-corrected chi connectivity index (χ1v) is 11.3. The maximum atomic E-state index is 13.0. The van der Waals surface area contributed by atoms with E-state index in [1.54, 1.807) is 43.3 Å². The molecule has 1 saturated heterocycles. The standard InChI is InChI=1S/C24H25ClN4O4/c1-2-32-24(31)19-7-3-4-8-20(19)26-23(30)17-6-5-13-29(14-17)15-21-27-22(28-33-21)16-9-11-18(25)12-10-16/h3-4,7-12,17H,2,5-6,13-15H2,1H3,(H,26,30). The van der Waals surface area contributed by atoms with Crippen molar-refractivity contribution in [2.75, 3.05) is 25.0 Å². The number of esters is 1. The van der Waals surface area contributed by atoms with Gasteiger partial charge >= 0.3 is 5.97 Å². The zero-order chi connectivity index (χ0) is 23.2. The van der Waals surface area contributed by atoms with Gasteiger partial charge in [0, 0.05) is 17.1 Å². The Labute approximate surface area is 196 Å². The molecule has 1 unspecified atom stereocenters. The van der Waals surface area contributed by atoms with Gasteiger partial charge in [0.1, 0.15) is 0 Å². The molecule has 3 aromatic rings. The molecule has 1 aliphatic heterocycles. The van der Waals surface area contributed by atoms with Crippen molar-refractivity contribution in [2.45, 2.75) is 26.3 Å². The van der Waals surface area contributed by atoms with Crippen molar-refractivity contribution in [3.05, 3.63) is 65.0 Å². The SMILES string of the molecule is CCOC(=O)c1ccccc1NC(=O)C1CCCN(Cc2nc(-c3ccc(Cl)cc3)no2)C1. The number of amides is 1. The van der Waals surface area contributed by atoms with Gasteiger partial charge in [-0.2, -0.15) is 4.98 Å². The molecule has 0 aliphatic carbocycles. The van der Waals surface area contributed by atoms with Crippen LogP contribution in [0.25, 0.3) is 11.4 Å². The quantitative estimate of drug-likeness (QED) is 0.512. The van der Waals surface area contributed by atoms with Gasteiger partial charge in [0.15, 0.2) is 0 Å². The van der Waals surface area contributed by atoms with E-state index in [4.69, 9.17) is 20.9 Å². The number of para-hydroxylation sites is 1. The molecule has 172 valence electrons. The average molecular weight is 469 g/mol. The number of hydrogen-bond acceptors (Lipinski definition) is 7. The van der Waals surface area contributed by atoms with Crippen molar-refractivity contribution in [3.8, 4) is 11.4 Å². The Morgan fingerprint density at radius 1 is 1.21 bits per heavy atom. The number of aromatic nitrogens is 2. The summed E-state index contributed by atoms with van der Waals surface area (Å²) in [6.07, 6.45) is 1.64. The molecule has 0 bridgehead atoms. The Balaban J connectivity index is 1.38. The molecule has 1 fully saturated rings. The van der Waals surface area contributed by atoms with E-state index in [1.165, 1.54) is 0 Å². The molecule has 1 atom stereocenters. The number of hydrogen-bond donors (Lipinski definition) is 1. The van der Waals surface area contributed by atoms with Gasteiger partial charge < -0.3 is 14.6 Å². The van der Waals surface area contributed by atoms with Crippen molar-refractivity contribution in [1.82, 2.24) is 15.0 Å². The van der Waals surface area contributed by atoms with Gasteiger partial charge in [-0.3, -0.25) is 9.69 Å². The molecule has 2 aromatic carbocycles. The van der Waals surface area contributed by atoms with Crippen LogP contribution < -0.4 is 5.32 Å². The van der Waals surface area contributed by atoms with Crippen LogP contribution in [0.3, 0.4) is 0 Å². The van der Waals surface area contributed by atoms with E-state index < -0.39 is 5.97 Å². The van der Waals surface area contributed by atoms with E-state index in [0.29, 0.717) is 41.1 Å². The van der Waals surface area contributed by atoms with Gasteiger partial charge in [-0.25, -0.2) is 4.79 Å². The molecule has 1 N–H and O–H groups in total. The number of halogens is 1. The molecule has 8 nitrogen and oxygen atoms in total. The van der Waals surface area contributed by atoms with Crippen molar-refractivity contribution in [1.29, 1.82) is 0 Å². The van der Waals surface area contributed by atoms with Crippen molar-refractivity contribution >= 4 is 29.2 Å². The predicted octanol–water partition coefficient (Wildman–Crippen LogP) is 4.42. The van der Waals surface area contributed by atoms with E-state index in [-0.39, 0.29) is 18.4 Å². The summed E-state index contributed by atoms with van der Waals surface area (Å²) in [5.74, 6) is 0.209. The summed E-state index contributed by atoms with van der Waals surface area (Å²) in [5.41, 5.74) is 1.63. The Morgan fingerprint density at radius 3 is 2.79 bits per heavy atom. The number of nitrogens with one attached hydrogen (secondary N) is 1. The normalized spacial score (nSPS) is 16.4. The van der Waals surface area contributed by atoms with Gasteiger partial charge in [0.25, 0.3) is 0 Å².